The van der Waals surface area contributed by atoms with Crippen molar-refractivity contribution in [3.05, 3.63) is 93.6 Å². The topological polar surface area (TPSA) is 94.3 Å². The molecule has 234 valence electrons. The predicted molar refractivity (Wildman–Crippen MR) is 205 cm³/mol. The summed E-state index contributed by atoms with van der Waals surface area (Å²) >= 11 is 22.7. The van der Waals surface area contributed by atoms with Crippen molar-refractivity contribution < 1.29 is 18.9 Å². The van der Waals surface area contributed by atoms with Gasteiger partial charge in [-0.1, -0.05) is 0 Å². The summed E-state index contributed by atoms with van der Waals surface area (Å²) in [6, 6.07) is 8.07. The summed E-state index contributed by atoms with van der Waals surface area (Å²) in [7, 11) is 0. The van der Waals surface area contributed by atoms with Crippen molar-refractivity contribution in [3.63, 3.8) is 0 Å². The fourth-order valence-corrected chi connectivity index (χ4v) is 7.62. The van der Waals surface area contributed by atoms with Crippen molar-refractivity contribution in [3.8, 4) is 0 Å². The number of aromatic amines is 2. The van der Waals surface area contributed by atoms with Gasteiger partial charge in [-0.05, 0) is 122 Å². The number of nitrogens with one attached hydrogen (secondary N) is 2. The summed E-state index contributed by atoms with van der Waals surface area (Å²) < 4.78 is 22.9. The number of hydrogen-bond donors (Lipinski definition) is 2. The molecule has 0 saturated heterocycles. The molecule has 9 rings (SSSR count). The second-order valence-electron chi connectivity index (χ2n) is 11.4. The molecule has 0 radical (unpaired) electrons. The Morgan fingerprint density at radius 1 is 0.417 bits per heavy atom. The summed E-state index contributed by atoms with van der Waals surface area (Å²) in [4.78, 5) is 17.7. The quantitative estimate of drug-likeness (QED) is 0.182. The molecule has 3 aromatic rings. The fraction of sp³-hybridized carbons (Fsp3) is 0.111. The zero-order valence-electron chi connectivity index (χ0n) is 24.9. The molecule has 6 aliphatic rings. The van der Waals surface area contributed by atoms with E-state index >= 15 is 0 Å². The van der Waals surface area contributed by atoms with Crippen molar-refractivity contribution in [2.45, 2.75) is 0 Å². The van der Waals surface area contributed by atoms with Gasteiger partial charge in [-0.25, -0.2) is 9.97 Å². The van der Waals surface area contributed by atoms with E-state index in [-0.39, 0.29) is 0 Å². The van der Waals surface area contributed by atoms with Gasteiger partial charge in [0.1, 0.15) is 26.4 Å². The van der Waals surface area contributed by atoms with Gasteiger partial charge in [-0.15, -0.1) is 0 Å². The Bertz CT molecular complexity index is 2110. The van der Waals surface area contributed by atoms with Gasteiger partial charge in [0.2, 0.25) is 0 Å². The van der Waals surface area contributed by atoms with Gasteiger partial charge in [-0.2, -0.15) is 0 Å². The first-order valence-electron chi connectivity index (χ1n) is 15.1. The van der Waals surface area contributed by atoms with Gasteiger partial charge in [0.15, 0.2) is 20.2 Å². The lowest BCUT2D eigenvalue weighted by molar-refractivity contribution is 0.376. The van der Waals surface area contributed by atoms with Gasteiger partial charge < -0.3 is 28.9 Å². The van der Waals surface area contributed by atoms with Crippen molar-refractivity contribution in [2.24, 2.45) is 0 Å². The average molecular weight is 703 g/mol. The molecule has 0 aliphatic carbocycles. The Balaban J connectivity index is 1.47. The maximum Gasteiger partial charge on any atom is 0.192 e. The van der Waals surface area contributed by atoms with Crippen LogP contribution in [0.5, 0.6) is 0 Å². The lowest BCUT2D eigenvalue weighted by Crippen LogP contribution is -2.01. The van der Waals surface area contributed by atoms with E-state index in [1.165, 1.54) is 0 Å². The van der Waals surface area contributed by atoms with E-state index in [0.29, 0.717) is 46.6 Å². The molecule has 9 heterocycles. The highest BCUT2D eigenvalue weighted by atomic mass is 32.1. The summed E-state index contributed by atoms with van der Waals surface area (Å²) in [6.45, 7) is 1.55. The van der Waals surface area contributed by atoms with Gasteiger partial charge in [0.05, 0.1) is 22.8 Å². The number of hydrogen-bond acceptors (Lipinski definition) is 10. The molecule has 0 atom stereocenters. The molecule has 8 nitrogen and oxygen atoms in total. The van der Waals surface area contributed by atoms with Crippen molar-refractivity contribution in [2.75, 3.05) is 26.4 Å². The van der Waals surface area contributed by atoms with Gasteiger partial charge in [-0.3, -0.25) is 0 Å². The van der Waals surface area contributed by atoms with Crippen molar-refractivity contribution in [1.29, 1.82) is 0 Å². The summed E-state index contributed by atoms with van der Waals surface area (Å²) in [5.41, 5.74) is 12.6. The van der Waals surface area contributed by atoms with Crippen LogP contribution < -0.4 is 0 Å². The summed E-state index contributed by atoms with van der Waals surface area (Å²) in [6.07, 6.45) is 15.9. The highest BCUT2D eigenvalue weighted by Gasteiger charge is 2.27. The molecule has 2 N–H and O–H groups in total. The summed E-state index contributed by atoms with van der Waals surface area (Å²) in [5.74, 6) is 0. The number of rotatable bonds is 4. The van der Waals surface area contributed by atoms with Crippen molar-refractivity contribution >= 4 is 138 Å². The molecule has 0 saturated carbocycles. The second kappa shape index (κ2) is 11.4. The third kappa shape index (κ3) is 4.66. The molecule has 0 fully saturated rings. The molecule has 6 aliphatic heterocycles. The van der Waals surface area contributed by atoms with Crippen LogP contribution in [0.15, 0.2) is 48.6 Å². The largest absolute Gasteiger partial charge is 0.479 e. The zero-order valence-corrected chi connectivity index (χ0v) is 28.2. The van der Waals surface area contributed by atoms with Crippen LogP contribution in [0.4, 0.5) is 0 Å². The molecular weight excluding hydrogens is 681 g/mol. The molecule has 3 aromatic heterocycles. The van der Waals surface area contributed by atoms with Crippen LogP contribution >= 0.6 is 48.9 Å². The third-order valence-electron chi connectivity index (χ3n) is 8.72. The molecular formula is C36H22N4O4S4. The number of thiocarbonyl (C=S) groups is 4. The van der Waals surface area contributed by atoms with Crippen LogP contribution in [0.25, 0.3) is 68.7 Å². The minimum atomic E-state index is 0.389. The second-order valence-corrected chi connectivity index (χ2v) is 12.9. The number of aromatic nitrogens is 4. The first-order valence-corrected chi connectivity index (χ1v) is 16.7. The van der Waals surface area contributed by atoms with Crippen LogP contribution in [-0.2, 0) is 18.9 Å². The maximum absolute atomic E-state index is 5.73. The number of fused-ring (bicyclic) bond motifs is 8. The van der Waals surface area contributed by atoms with Crippen LogP contribution in [0, 0.1) is 0 Å². The van der Waals surface area contributed by atoms with Crippen LogP contribution in [-0.4, -0.2) is 66.6 Å². The fourth-order valence-electron chi connectivity index (χ4n) is 6.60. The number of H-pyrrole nitrogens is 2. The third-order valence-corrected chi connectivity index (χ3v) is 10.1. The Labute approximate surface area is 295 Å². The van der Waals surface area contributed by atoms with E-state index in [4.69, 9.17) is 77.8 Å². The van der Waals surface area contributed by atoms with Crippen LogP contribution in [0.2, 0.25) is 0 Å². The predicted octanol–water partition coefficient (Wildman–Crippen LogP) is 7.62. The van der Waals surface area contributed by atoms with Crippen molar-refractivity contribution in [1.82, 2.24) is 19.9 Å². The molecule has 12 heteroatoms. The van der Waals surface area contributed by atoms with E-state index < -0.39 is 0 Å². The minimum Gasteiger partial charge on any atom is -0.479 e. The van der Waals surface area contributed by atoms with Gasteiger partial charge in [0, 0.05) is 66.6 Å². The Morgan fingerprint density at radius 2 is 0.667 bits per heavy atom. The number of ether oxygens (including phenoxy) is 4. The normalized spacial score (nSPS) is 18.0. The van der Waals surface area contributed by atoms with E-state index in [1.54, 1.807) is 0 Å². The lowest BCUT2D eigenvalue weighted by atomic mass is 10.0. The van der Waals surface area contributed by atoms with E-state index in [0.717, 1.165) is 89.4 Å². The van der Waals surface area contributed by atoms with E-state index in [1.807, 2.05) is 72.9 Å². The van der Waals surface area contributed by atoms with Gasteiger partial charge in [0.25, 0.3) is 0 Å². The van der Waals surface area contributed by atoms with E-state index in [2.05, 4.69) is 9.97 Å². The first kappa shape index (κ1) is 29.3. The first-order chi connectivity index (χ1) is 23.4. The Kier molecular flexibility index (Phi) is 6.94. The summed E-state index contributed by atoms with van der Waals surface area (Å²) in [5, 5.41) is 1.66. The highest BCUT2D eigenvalue weighted by Crippen LogP contribution is 2.38. The number of nitrogens with zero attached hydrogens (tertiary/aromatic N) is 2. The van der Waals surface area contributed by atoms with Crippen LogP contribution in [0.1, 0.15) is 45.0 Å². The average Bonchev–Trinajstić information content (AvgIpc) is 3.91. The van der Waals surface area contributed by atoms with Gasteiger partial charge >= 0.3 is 0 Å². The standard InChI is InChI=1S/C36H22N4O4S4/c45-33-17(9-13-41-33)29-21-1-2-22(37-21)30(18-10-14-42-34(18)46)24-5-6-26(39-24)32(20-12-16-44-36(20)48)28-8-7-27(40-28)31(19-11-15-43-35(19)47)25-4-3-23(29)38-25/h1-12,37,40H,13-16H2. The maximum atomic E-state index is 5.73. The van der Waals surface area contributed by atoms with Crippen LogP contribution in [0.3, 0.4) is 0 Å². The van der Waals surface area contributed by atoms with E-state index in [9.17, 15) is 0 Å². The zero-order chi connectivity index (χ0) is 32.5. The molecule has 0 unspecified atom stereocenters. The molecule has 0 amide bonds. The smallest absolute Gasteiger partial charge is 0.192 e. The molecule has 0 spiro atoms. The monoisotopic (exact) mass is 702 g/mol. The molecule has 0 aromatic carbocycles. The lowest BCUT2D eigenvalue weighted by Gasteiger charge is -2.07. The Morgan fingerprint density at radius 3 is 0.875 bits per heavy atom. The highest BCUT2D eigenvalue weighted by molar-refractivity contribution is 7.81. The molecule has 48 heavy (non-hydrogen) atoms. The minimum absolute atomic E-state index is 0.389. The molecule has 8 bridgehead atoms. The SMILES string of the molecule is S=C1OCC=C1c1c2nc(c(C3=CCOC3=S)c3ccc([nH]3)c(C3=CCOC3=S)c3nc(c(C4=CCOC4=S)c4ccc1[nH]4)C=C3)C=C2. The Hall–Kier alpha value is -4.88.